The lowest BCUT2D eigenvalue weighted by atomic mass is 9.95. The summed E-state index contributed by atoms with van der Waals surface area (Å²) in [5.41, 5.74) is 4.41. The van der Waals surface area contributed by atoms with Crippen molar-refractivity contribution >= 4 is 27.3 Å². The fourth-order valence-electron chi connectivity index (χ4n) is 4.56. The number of hydrogen-bond acceptors (Lipinski definition) is 6. The van der Waals surface area contributed by atoms with E-state index in [1.54, 1.807) is 17.5 Å². The van der Waals surface area contributed by atoms with Crippen molar-refractivity contribution in [2.45, 2.75) is 39.0 Å². The van der Waals surface area contributed by atoms with Gasteiger partial charge in [-0.05, 0) is 36.5 Å². The van der Waals surface area contributed by atoms with Gasteiger partial charge >= 0.3 is 0 Å². The molecule has 0 saturated carbocycles. The topological polar surface area (TPSA) is 66.6 Å². The molecule has 5 rings (SSSR count). The predicted octanol–water partition coefficient (Wildman–Crippen LogP) is 4.89. The molecule has 8 heteroatoms. The normalized spacial score (nSPS) is 14.7. The Hall–Kier alpha value is -3.26. The summed E-state index contributed by atoms with van der Waals surface area (Å²) in [7, 11) is 1.90. The molecule has 0 N–H and O–H groups in total. The van der Waals surface area contributed by atoms with Gasteiger partial charge in [0.2, 0.25) is 16.0 Å². The average molecular weight is 489 g/mol. The summed E-state index contributed by atoms with van der Waals surface area (Å²) in [5.74, 6) is 0.831. The van der Waals surface area contributed by atoms with Crippen LogP contribution in [0.25, 0.3) is 16.2 Å². The Morgan fingerprint density at radius 2 is 1.91 bits per heavy atom. The van der Waals surface area contributed by atoms with E-state index in [2.05, 4.69) is 48.0 Å². The summed E-state index contributed by atoms with van der Waals surface area (Å²) in [6, 6.07) is 14.5. The Labute approximate surface area is 210 Å². The highest BCUT2D eigenvalue weighted by molar-refractivity contribution is 7.20. The molecule has 182 valence electrons. The minimum atomic E-state index is 0.0736. The number of carbonyl (C=O) groups excluding carboxylic acids is 1. The van der Waals surface area contributed by atoms with Gasteiger partial charge in [-0.1, -0.05) is 55.5 Å². The van der Waals surface area contributed by atoms with E-state index in [0.717, 1.165) is 59.4 Å². The van der Waals surface area contributed by atoms with Crippen LogP contribution in [0, 0.1) is 5.92 Å². The number of hydrogen-bond donors (Lipinski definition) is 0. The molecule has 1 aliphatic heterocycles. The zero-order valence-corrected chi connectivity index (χ0v) is 21.4. The highest BCUT2D eigenvalue weighted by atomic mass is 32.1. The molecule has 0 aliphatic carbocycles. The second kappa shape index (κ2) is 10.2. The number of likely N-dealkylation sites (N-methyl/N-ethyl adjacent to an activating group) is 1. The minimum absolute atomic E-state index is 0.0736. The van der Waals surface area contributed by atoms with Crippen LogP contribution in [0.4, 0.5) is 5.13 Å². The molecule has 0 atom stereocenters. The smallest absolute Gasteiger partial charge is 0.225 e. The molecule has 7 nitrogen and oxygen atoms in total. The maximum Gasteiger partial charge on any atom is 0.225 e. The number of aromatic nitrogens is 4. The molecule has 0 spiro atoms. The van der Waals surface area contributed by atoms with Crippen LogP contribution in [0.15, 0.2) is 54.9 Å². The molecule has 3 aromatic heterocycles. The number of pyridine rings is 1. The molecule has 1 aromatic carbocycles. The van der Waals surface area contributed by atoms with Gasteiger partial charge in [0.05, 0.1) is 11.9 Å². The first-order chi connectivity index (χ1) is 17.0. The number of rotatable bonds is 7. The molecule has 4 aromatic rings. The second-order valence-electron chi connectivity index (χ2n) is 9.61. The Bertz CT molecular complexity index is 1240. The first-order valence-electron chi connectivity index (χ1n) is 12.3. The fraction of sp³-hybridized carbons (Fsp3) is 0.407. The van der Waals surface area contributed by atoms with Crippen molar-refractivity contribution in [1.29, 1.82) is 0 Å². The second-order valence-corrected chi connectivity index (χ2v) is 10.5. The predicted molar refractivity (Wildman–Crippen MR) is 141 cm³/mol. The fourth-order valence-corrected chi connectivity index (χ4v) is 5.50. The third-order valence-electron chi connectivity index (χ3n) is 6.83. The standard InChI is InChI=1S/C27H32N6OS/c1-19(2)20-7-9-21(10-8-20)24-18-33-26(29-24)35-27(30-33)32-16-11-22(12-17-32)25(34)31(3)15-13-23-6-4-5-14-28-23/h4-10,14,18-19,22H,11-13,15-17H2,1-3H3. The number of benzene rings is 1. The van der Waals surface area contributed by atoms with Crippen molar-refractivity contribution in [3.05, 3.63) is 66.1 Å². The molecule has 1 saturated heterocycles. The van der Waals surface area contributed by atoms with E-state index in [0.29, 0.717) is 12.5 Å². The molecule has 4 heterocycles. The number of carbonyl (C=O) groups is 1. The summed E-state index contributed by atoms with van der Waals surface area (Å²) in [6.45, 7) is 6.78. The van der Waals surface area contributed by atoms with Crippen LogP contribution in [-0.4, -0.2) is 57.1 Å². The number of fused-ring (bicyclic) bond motifs is 1. The number of amides is 1. The molecule has 0 unspecified atom stereocenters. The highest BCUT2D eigenvalue weighted by Gasteiger charge is 2.28. The van der Waals surface area contributed by atoms with Crippen LogP contribution in [0.3, 0.4) is 0 Å². The van der Waals surface area contributed by atoms with Gasteiger partial charge in [0, 0.05) is 56.5 Å². The number of imidazole rings is 1. The van der Waals surface area contributed by atoms with E-state index in [-0.39, 0.29) is 11.8 Å². The van der Waals surface area contributed by atoms with Crippen molar-refractivity contribution in [2.75, 3.05) is 31.6 Å². The third kappa shape index (κ3) is 5.22. The largest absolute Gasteiger partial charge is 0.347 e. The van der Waals surface area contributed by atoms with Gasteiger partial charge in [-0.25, -0.2) is 9.50 Å². The molecular weight excluding hydrogens is 456 g/mol. The lowest BCUT2D eigenvalue weighted by Gasteiger charge is -2.32. The van der Waals surface area contributed by atoms with E-state index < -0.39 is 0 Å². The SMILES string of the molecule is CC(C)c1ccc(-c2cn3nc(N4CCC(C(=O)N(C)CCc5ccccn5)CC4)sc3n2)cc1. The first-order valence-corrected chi connectivity index (χ1v) is 13.2. The zero-order chi connectivity index (χ0) is 24.4. The van der Waals surface area contributed by atoms with Crippen molar-refractivity contribution in [3.8, 4) is 11.3 Å². The first kappa shape index (κ1) is 23.5. The summed E-state index contributed by atoms with van der Waals surface area (Å²) in [4.78, 5) is 27.2. The summed E-state index contributed by atoms with van der Waals surface area (Å²) < 4.78 is 1.88. The van der Waals surface area contributed by atoms with Gasteiger partial charge in [-0.15, -0.1) is 5.10 Å². The van der Waals surface area contributed by atoms with Crippen LogP contribution in [-0.2, 0) is 11.2 Å². The molecule has 0 radical (unpaired) electrons. The molecule has 0 bridgehead atoms. The summed E-state index contributed by atoms with van der Waals surface area (Å²) >= 11 is 1.61. The molecular formula is C27H32N6OS. The summed E-state index contributed by atoms with van der Waals surface area (Å²) in [6.07, 6.45) is 6.29. The highest BCUT2D eigenvalue weighted by Crippen LogP contribution is 2.30. The Balaban J connectivity index is 1.17. The van der Waals surface area contributed by atoms with Gasteiger partial charge in [-0.3, -0.25) is 9.78 Å². The number of piperidine rings is 1. The molecule has 35 heavy (non-hydrogen) atoms. The van der Waals surface area contributed by atoms with E-state index in [4.69, 9.17) is 10.1 Å². The monoisotopic (exact) mass is 488 g/mol. The van der Waals surface area contributed by atoms with Crippen LogP contribution >= 0.6 is 11.3 Å². The van der Waals surface area contributed by atoms with Crippen molar-refractivity contribution < 1.29 is 4.79 Å². The maximum atomic E-state index is 13.0. The van der Waals surface area contributed by atoms with Crippen molar-refractivity contribution in [1.82, 2.24) is 24.5 Å². The van der Waals surface area contributed by atoms with Crippen molar-refractivity contribution in [3.63, 3.8) is 0 Å². The van der Waals surface area contributed by atoms with Crippen molar-refractivity contribution in [2.24, 2.45) is 5.92 Å². The van der Waals surface area contributed by atoms with Gasteiger partial charge in [-0.2, -0.15) is 0 Å². The van der Waals surface area contributed by atoms with Gasteiger partial charge in [0.1, 0.15) is 0 Å². The average Bonchev–Trinajstić information content (AvgIpc) is 3.47. The van der Waals surface area contributed by atoms with E-state index in [9.17, 15) is 4.79 Å². The van der Waals surface area contributed by atoms with Gasteiger partial charge in [0.15, 0.2) is 0 Å². The molecule has 1 fully saturated rings. The number of anilines is 1. The maximum absolute atomic E-state index is 13.0. The van der Waals surface area contributed by atoms with E-state index >= 15 is 0 Å². The molecule has 1 aliphatic rings. The minimum Gasteiger partial charge on any atom is -0.347 e. The third-order valence-corrected chi connectivity index (χ3v) is 7.81. The van der Waals surface area contributed by atoms with E-state index in [1.807, 2.05) is 40.9 Å². The Morgan fingerprint density at radius 1 is 1.14 bits per heavy atom. The quantitative estimate of drug-likeness (QED) is 0.370. The lowest BCUT2D eigenvalue weighted by Crippen LogP contribution is -2.41. The Morgan fingerprint density at radius 3 is 2.57 bits per heavy atom. The van der Waals surface area contributed by atoms with Gasteiger partial charge in [0.25, 0.3) is 0 Å². The zero-order valence-electron chi connectivity index (χ0n) is 20.6. The molecule has 1 amide bonds. The summed E-state index contributed by atoms with van der Waals surface area (Å²) in [5, 5.41) is 5.77. The van der Waals surface area contributed by atoms with Crippen LogP contribution in [0.2, 0.25) is 0 Å². The van der Waals surface area contributed by atoms with Crippen LogP contribution in [0.5, 0.6) is 0 Å². The number of nitrogens with zero attached hydrogens (tertiary/aromatic N) is 6. The van der Waals surface area contributed by atoms with Crippen LogP contribution < -0.4 is 4.90 Å². The Kier molecular flexibility index (Phi) is 6.81. The van der Waals surface area contributed by atoms with E-state index in [1.165, 1.54) is 5.56 Å². The lowest BCUT2D eigenvalue weighted by molar-refractivity contribution is -0.134. The van der Waals surface area contributed by atoms with Crippen LogP contribution in [0.1, 0.15) is 43.9 Å². The van der Waals surface area contributed by atoms with Gasteiger partial charge < -0.3 is 9.80 Å².